The highest BCUT2D eigenvalue weighted by molar-refractivity contribution is 7.74. The van der Waals surface area contributed by atoms with Gasteiger partial charge in [0.05, 0.1) is 17.5 Å². The Kier molecular flexibility index (Phi) is 4.54. The molecule has 0 radical (unpaired) electrons. The largest absolute Gasteiger partial charge is 0.750 e. The molecule has 1 aromatic carbocycles. The molecule has 1 rings (SSSR count). The molecule has 0 saturated heterocycles. The molecule has 0 amide bonds. The summed E-state index contributed by atoms with van der Waals surface area (Å²) in [6, 6.07) is 7.29. The van der Waals surface area contributed by atoms with Crippen molar-refractivity contribution in [3.8, 4) is 0 Å². The first-order valence-electron chi connectivity index (χ1n) is 4.04. The quantitative estimate of drug-likeness (QED) is 0.592. The maximum Gasteiger partial charge on any atom is 0.0959 e. The third kappa shape index (κ3) is 3.38. The first kappa shape index (κ1) is 11.7. The summed E-state index contributed by atoms with van der Waals surface area (Å²) < 4.78 is 25.1. The number of alkyl halides is 1. The van der Waals surface area contributed by atoms with Crippen molar-refractivity contribution in [1.29, 1.82) is 0 Å². The van der Waals surface area contributed by atoms with Crippen LogP contribution >= 0.6 is 11.6 Å². The normalized spacial score (nSPS) is 15.1. The molecule has 2 atom stereocenters. The summed E-state index contributed by atoms with van der Waals surface area (Å²) in [7, 11) is 0. The predicted octanol–water partition coefficient (Wildman–Crippen LogP) is 2.30. The molecular weight excluding hydrogens is 224 g/mol. The molecule has 1 aromatic rings. The van der Waals surface area contributed by atoms with Gasteiger partial charge < -0.3 is 4.55 Å². The number of rotatable bonds is 4. The second-order valence-corrected chi connectivity index (χ2v) is 3.69. The first-order chi connectivity index (χ1) is 6.63. The van der Waals surface area contributed by atoms with Crippen molar-refractivity contribution in [1.82, 2.24) is 0 Å². The van der Waals surface area contributed by atoms with E-state index in [2.05, 4.69) is 4.18 Å². The smallest absolute Gasteiger partial charge is 0.0959 e. The Morgan fingerprint density at radius 3 is 2.50 bits per heavy atom. The van der Waals surface area contributed by atoms with E-state index in [0.29, 0.717) is 5.88 Å². The van der Waals surface area contributed by atoms with E-state index < -0.39 is 17.5 Å². The van der Waals surface area contributed by atoms with Gasteiger partial charge in [0.25, 0.3) is 0 Å². The van der Waals surface area contributed by atoms with Gasteiger partial charge in [-0.25, -0.2) is 4.21 Å². The van der Waals surface area contributed by atoms with E-state index >= 15 is 0 Å². The third-order valence-corrected chi connectivity index (χ3v) is 2.58. The van der Waals surface area contributed by atoms with Crippen molar-refractivity contribution in [3.63, 3.8) is 0 Å². The fourth-order valence-corrected chi connectivity index (χ4v) is 1.58. The van der Waals surface area contributed by atoms with Gasteiger partial charge in [0.2, 0.25) is 0 Å². The summed E-state index contributed by atoms with van der Waals surface area (Å²) in [6.45, 7) is 1.67. The van der Waals surface area contributed by atoms with E-state index in [1.807, 2.05) is 12.1 Å². The number of hydrogen-bond donors (Lipinski definition) is 0. The average Bonchev–Trinajstić information content (AvgIpc) is 2.17. The molecular formula is C9H10ClO3S-. The van der Waals surface area contributed by atoms with Gasteiger partial charge >= 0.3 is 0 Å². The monoisotopic (exact) mass is 233 g/mol. The SMILES string of the molecule is CC(OS(=O)[O-])c1ccc(CCl)cc1. The minimum Gasteiger partial charge on any atom is -0.750 e. The van der Waals surface area contributed by atoms with Crippen molar-refractivity contribution in [2.45, 2.75) is 18.9 Å². The molecule has 0 N–H and O–H groups in total. The molecule has 78 valence electrons. The first-order valence-corrected chi connectivity index (χ1v) is 5.58. The molecule has 3 nitrogen and oxygen atoms in total. The Labute approximate surface area is 90.5 Å². The topological polar surface area (TPSA) is 49.4 Å². The number of hydrogen-bond acceptors (Lipinski definition) is 3. The van der Waals surface area contributed by atoms with Crippen LogP contribution in [0, 0.1) is 0 Å². The summed E-state index contributed by atoms with van der Waals surface area (Å²) in [6.07, 6.45) is -0.460. The van der Waals surface area contributed by atoms with Crippen LogP contribution in [-0.2, 0) is 21.4 Å². The lowest BCUT2D eigenvalue weighted by Crippen LogP contribution is -2.02. The lowest BCUT2D eigenvalue weighted by atomic mass is 10.1. The second kappa shape index (κ2) is 5.46. The summed E-state index contributed by atoms with van der Waals surface area (Å²) in [5.74, 6) is 0.447. The van der Waals surface area contributed by atoms with Crippen LogP contribution < -0.4 is 0 Å². The fraction of sp³-hybridized carbons (Fsp3) is 0.333. The van der Waals surface area contributed by atoms with Crippen LogP contribution in [0.15, 0.2) is 24.3 Å². The minimum absolute atomic E-state index is 0.447. The van der Waals surface area contributed by atoms with Crippen molar-refractivity contribution in [2.75, 3.05) is 0 Å². The van der Waals surface area contributed by atoms with Gasteiger partial charge in [0.15, 0.2) is 0 Å². The maximum absolute atomic E-state index is 10.3. The van der Waals surface area contributed by atoms with Crippen molar-refractivity contribution in [2.24, 2.45) is 0 Å². The summed E-state index contributed by atoms with van der Waals surface area (Å²) in [4.78, 5) is 0. The van der Waals surface area contributed by atoms with Crippen LogP contribution in [0.3, 0.4) is 0 Å². The Morgan fingerprint density at radius 2 is 2.07 bits per heavy atom. The van der Waals surface area contributed by atoms with Crippen molar-refractivity contribution in [3.05, 3.63) is 35.4 Å². The van der Waals surface area contributed by atoms with Crippen LogP contribution in [0.2, 0.25) is 0 Å². The highest BCUT2D eigenvalue weighted by Gasteiger charge is 2.05. The molecule has 0 aromatic heterocycles. The van der Waals surface area contributed by atoms with Crippen LogP contribution in [0.4, 0.5) is 0 Å². The molecule has 0 aliphatic heterocycles. The standard InChI is InChI=1S/C9H11ClO3S/c1-7(13-14(11)12)9-4-2-8(6-10)3-5-9/h2-5,7H,6H2,1H3,(H,11,12)/p-1. The Balaban J connectivity index is 2.71. The Morgan fingerprint density at radius 1 is 1.50 bits per heavy atom. The minimum atomic E-state index is -2.48. The van der Waals surface area contributed by atoms with Crippen LogP contribution in [0.25, 0.3) is 0 Å². The molecule has 0 saturated carbocycles. The molecule has 0 fully saturated rings. The van der Waals surface area contributed by atoms with Gasteiger partial charge in [-0.1, -0.05) is 24.3 Å². The second-order valence-electron chi connectivity index (χ2n) is 2.82. The molecule has 5 heteroatoms. The predicted molar refractivity (Wildman–Crippen MR) is 54.4 cm³/mol. The molecule has 0 heterocycles. The Bertz CT molecular complexity index is 312. The zero-order chi connectivity index (χ0) is 10.6. The van der Waals surface area contributed by atoms with E-state index in [1.54, 1.807) is 19.1 Å². The van der Waals surface area contributed by atoms with Gasteiger partial charge in [0.1, 0.15) is 0 Å². The van der Waals surface area contributed by atoms with Crippen molar-refractivity contribution < 1.29 is 12.9 Å². The maximum atomic E-state index is 10.3. The summed E-state index contributed by atoms with van der Waals surface area (Å²) in [5, 5.41) is 0. The van der Waals surface area contributed by atoms with Gasteiger partial charge in [-0.2, -0.15) is 0 Å². The third-order valence-electron chi connectivity index (χ3n) is 1.83. The lowest BCUT2D eigenvalue weighted by molar-refractivity contribution is 0.223. The van der Waals surface area contributed by atoms with E-state index in [4.69, 9.17) is 11.6 Å². The molecule has 14 heavy (non-hydrogen) atoms. The molecule has 0 spiro atoms. The fourth-order valence-electron chi connectivity index (χ4n) is 1.05. The van der Waals surface area contributed by atoms with Crippen LogP contribution in [0.1, 0.15) is 24.2 Å². The molecule has 0 aliphatic rings. The van der Waals surface area contributed by atoms with Gasteiger partial charge in [-0.15, -0.1) is 11.6 Å². The number of benzene rings is 1. The van der Waals surface area contributed by atoms with E-state index in [0.717, 1.165) is 11.1 Å². The van der Waals surface area contributed by atoms with E-state index in [9.17, 15) is 8.76 Å². The Hall–Kier alpha value is -0.420. The van der Waals surface area contributed by atoms with Crippen LogP contribution in [0.5, 0.6) is 0 Å². The molecule has 0 bridgehead atoms. The van der Waals surface area contributed by atoms with Gasteiger partial charge in [0, 0.05) is 5.88 Å². The van der Waals surface area contributed by atoms with Gasteiger partial charge in [-0.3, -0.25) is 4.18 Å². The molecule has 0 aliphatic carbocycles. The highest BCUT2D eigenvalue weighted by atomic mass is 35.5. The molecule has 2 unspecified atom stereocenters. The average molecular weight is 234 g/mol. The summed E-state index contributed by atoms with van der Waals surface area (Å²) in [5.41, 5.74) is 1.80. The van der Waals surface area contributed by atoms with E-state index in [1.165, 1.54) is 0 Å². The van der Waals surface area contributed by atoms with E-state index in [-0.39, 0.29) is 0 Å². The van der Waals surface area contributed by atoms with Crippen molar-refractivity contribution >= 4 is 23.0 Å². The van der Waals surface area contributed by atoms with Crippen LogP contribution in [-0.4, -0.2) is 8.76 Å². The summed E-state index contributed by atoms with van der Waals surface area (Å²) >= 11 is 3.13. The van der Waals surface area contributed by atoms with Gasteiger partial charge in [-0.05, 0) is 18.1 Å². The zero-order valence-corrected chi connectivity index (χ0v) is 9.18. The number of halogens is 1. The lowest BCUT2D eigenvalue weighted by Gasteiger charge is -2.14. The highest BCUT2D eigenvalue weighted by Crippen LogP contribution is 2.18. The zero-order valence-electron chi connectivity index (χ0n) is 7.60.